The van der Waals surface area contributed by atoms with Crippen LogP contribution in [0.15, 0.2) is 0 Å². The molecule has 1 heterocycles. The van der Waals surface area contributed by atoms with Crippen LogP contribution in [0.2, 0.25) is 0 Å². The minimum absolute atomic E-state index is 0.125. The number of alkyl halides is 1. The maximum Gasteiger partial charge on any atom is 0.214 e. The minimum Gasteiger partial charge on any atom is -0.378 e. The lowest BCUT2D eigenvalue weighted by Crippen LogP contribution is -2.50. The Bertz CT molecular complexity index is 254. The lowest BCUT2D eigenvalue weighted by atomic mass is 10.3. The van der Waals surface area contributed by atoms with Crippen LogP contribution in [0.4, 0.5) is 0 Å². The van der Waals surface area contributed by atoms with Crippen molar-refractivity contribution in [1.82, 2.24) is 4.31 Å². The van der Waals surface area contributed by atoms with E-state index in [4.69, 9.17) is 16.3 Å². The Kier molecular flexibility index (Phi) is 3.97. The number of hydrogen-bond acceptors (Lipinski definition) is 3. The maximum absolute atomic E-state index is 11.5. The summed E-state index contributed by atoms with van der Waals surface area (Å²) in [5.74, 6) is 0.416. The monoisotopic (exact) mass is 227 g/mol. The number of rotatable bonds is 3. The summed E-state index contributed by atoms with van der Waals surface area (Å²) < 4.78 is 29.7. The van der Waals surface area contributed by atoms with Crippen molar-refractivity contribution in [3.63, 3.8) is 0 Å². The van der Waals surface area contributed by atoms with Crippen LogP contribution in [-0.4, -0.2) is 50.2 Å². The molecule has 6 heteroatoms. The molecule has 1 fully saturated rings. The second-order valence-corrected chi connectivity index (χ2v) is 5.41. The Labute approximate surface area is 83.9 Å². The van der Waals surface area contributed by atoms with E-state index in [0.717, 1.165) is 0 Å². The minimum atomic E-state index is -3.11. The maximum atomic E-state index is 11.5. The van der Waals surface area contributed by atoms with Gasteiger partial charge in [-0.25, -0.2) is 8.42 Å². The molecule has 0 aliphatic carbocycles. The van der Waals surface area contributed by atoms with Crippen molar-refractivity contribution in [3.8, 4) is 0 Å². The number of halogens is 1. The van der Waals surface area contributed by atoms with Crippen LogP contribution in [0.1, 0.15) is 6.92 Å². The summed E-state index contributed by atoms with van der Waals surface area (Å²) in [5.41, 5.74) is 0. The molecule has 0 amide bonds. The van der Waals surface area contributed by atoms with Gasteiger partial charge < -0.3 is 4.74 Å². The second kappa shape index (κ2) is 4.59. The summed E-state index contributed by atoms with van der Waals surface area (Å²) in [4.78, 5) is 0. The van der Waals surface area contributed by atoms with Crippen LogP contribution >= 0.6 is 11.6 Å². The molecular formula is C7H14ClNO3S. The largest absolute Gasteiger partial charge is 0.378 e. The van der Waals surface area contributed by atoms with Gasteiger partial charge in [0.05, 0.1) is 25.0 Å². The Morgan fingerprint density at radius 2 is 2.31 bits per heavy atom. The molecule has 0 radical (unpaired) electrons. The lowest BCUT2D eigenvalue weighted by molar-refractivity contribution is 0.0405. The standard InChI is InChI=1S/C7H14ClNO3S/c1-2-13(10,11)9-3-4-12-6-7(9)5-8/h7H,2-6H2,1H3. The fourth-order valence-corrected chi connectivity index (χ4v) is 2.90. The summed E-state index contributed by atoms with van der Waals surface area (Å²) in [6.45, 7) is 2.93. The Hall–Kier alpha value is 0.160. The van der Waals surface area contributed by atoms with Crippen LogP contribution in [0, 0.1) is 0 Å². The van der Waals surface area contributed by atoms with Crippen molar-refractivity contribution in [1.29, 1.82) is 0 Å². The van der Waals surface area contributed by atoms with Gasteiger partial charge in [0.15, 0.2) is 0 Å². The van der Waals surface area contributed by atoms with Crippen molar-refractivity contribution >= 4 is 21.6 Å². The SMILES string of the molecule is CCS(=O)(=O)N1CCOCC1CCl. The molecule has 1 aliphatic rings. The van der Waals surface area contributed by atoms with E-state index in [-0.39, 0.29) is 11.8 Å². The summed E-state index contributed by atoms with van der Waals surface area (Å²) in [5, 5.41) is 0. The zero-order valence-corrected chi connectivity index (χ0v) is 9.14. The fraction of sp³-hybridized carbons (Fsp3) is 1.00. The van der Waals surface area contributed by atoms with Crippen LogP contribution in [0.3, 0.4) is 0 Å². The molecule has 1 unspecified atom stereocenters. The van der Waals surface area contributed by atoms with Gasteiger partial charge in [-0.1, -0.05) is 0 Å². The number of ether oxygens (including phenoxy) is 1. The van der Waals surface area contributed by atoms with Gasteiger partial charge in [0, 0.05) is 12.4 Å². The smallest absolute Gasteiger partial charge is 0.214 e. The highest BCUT2D eigenvalue weighted by molar-refractivity contribution is 7.89. The molecule has 13 heavy (non-hydrogen) atoms. The molecule has 0 saturated carbocycles. The first-order valence-electron chi connectivity index (χ1n) is 4.25. The molecule has 78 valence electrons. The zero-order valence-electron chi connectivity index (χ0n) is 7.57. The average Bonchev–Trinajstić information content (AvgIpc) is 2.18. The summed E-state index contributed by atoms with van der Waals surface area (Å²) >= 11 is 5.65. The number of hydrogen-bond donors (Lipinski definition) is 0. The molecule has 0 N–H and O–H groups in total. The van der Waals surface area contributed by atoms with Crippen molar-refractivity contribution in [3.05, 3.63) is 0 Å². The van der Waals surface area contributed by atoms with Crippen LogP contribution in [0.25, 0.3) is 0 Å². The van der Waals surface area contributed by atoms with E-state index in [1.54, 1.807) is 6.92 Å². The first-order chi connectivity index (χ1) is 6.11. The fourth-order valence-electron chi connectivity index (χ4n) is 1.29. The number of morpholine rings is 1. The number of sulfonamides is 1. The predicted molar refractivity (Wildman–Crippen MR) is 51.5 cm³/mol. The highest BCUT2D eigenvalue weighted by Crippen LogP contribution is 2.13. The van der Waals surface area contributed by atoms with Crippen molar-refractivity contribution in [2.24, 2.45) is 0 Å². The third-order valence-corrected chi connectivity index (χ3v) is 4.35. The van der Waals surface area contributed by atoms with Crippen molar-refractivity contribution in [2.75, 3.05) is 31.4 Å². The Morgan fingerprint density at radius 3 is 2.85 bits per heavy atom. The topological polar surface area (TPSA) is 46.6 Å². The molecule has 1 saturated heterocycles. The van der Waals surface area contributed by atoms with E-state index < -0.39 is 10.0 Å². The average molecular weight is 228 g/mol. The van der Waals surface area contributed by atoms with Gasteiger partial charge in [0.2, 0.25) is 10.0 Å². The van der Waals surface area contributed by atoms with Gasteiger partial charge in [0.1, 0.15) is 0 Å². The van der Waals surface area contributed by atoms with Gasteiger partial charge in [0.25, 0.3) is 0 Å². The molecule has 1 rings (SSSR count). The van der Waals surface area contributed by atoms with Crippen LogP contribution in [0.5, 0.6) is 0 Å². The molecule has 0 aromatic rings. The molecule has 0 aromatic heterocycles. The zero-order chi connectivity index (χ0) is 9.90. The summed E-state index contributed by atoms with van der Waals surface area (Å²) in [6.07, 6.45) is 0. The molecule has 4 nitrogen and oxygen atoms in total. The number of nitrogens with zero attached hydrogens (tertiary/aromatic N) is 1. The summed E-state index contributed by atoms with van der Waals surface area (Å²) in [7, 11) is -3.11. The van der Waals surface area contributed by atoms with E-state index in [9.17, 15) is 8.42 Å². The first-order valence-corrected chi connectivity index (χ1v) is 6.39. The van der Waals surface area contributed by atoms with Gasteiger partial charge in [-0.15, -0.1) is 11.6 Å². The molecule has 1 atom stereocenters. The second-order valence-electron chi connectivity index (χ2n) is 2.89. The third kappa shape index (κ3) is 2.56. The van der Waals surface area contributed by atoms with E-state index >= 15 is 0 Å². The predicted octanol–water partition coefficient (Wildman–Crippen LogP) is 0.276. The molecule has 1 aliphatic heterocycles. The van der Waals surface area contributed by atoms with E-state index in [1.807, 2.05) is 0 Å². The van der Waals surface area contributed by atoms with Gasteiger partial charge >= 0.3 is 0 Å². The van der Waals surface area contributed by atoms with E-state index in [0.29, 0.717) is 25.6 Å². The Balaban J connectivity index is 2.75. The normalized spacial score (nSPS) is 26.2. The highest BCUT2D eigenvalue weighted by Gasteiger charge is 2.30. The quantitative estimate of drug-likeness (QED) is 0.651. The first kappa shape index (κ1) is 11.2. The molecule has 0 bridgehead atoms. The molecule has 0 aromatic carbocycles. The van der Waals surface area contributed by atoms with Gasteiger partial charge in [-0.3, -0.25) is 0 Å². The molecule has 0 spiro atoms. The third-order valence-electron chi connectivity index (χ3n) is 2.07. The van der Waals surface area contributed by atoms with Gasteiger partial charge in [-0.05, 0) is 6.92 Å². The van der Waals surface area contributed by atoms with E-state index in [1.165, 1.54) is 4.31 Å². The van der Waals surface area contributed by atoms with E-state index in [2.05, 4.69) is 0 Å². The lowest BCUT2D eigenvalue weighted by Gasteiger charge is -2.32. The van der Waals surface area contributed by atoms with Crippen molar-refractivity contribution < 1.29 is 13.2 Å². The summed E-state index contributed by atoms with van der Waals surface area (Å²) in [6, 6.07) is -0.194. The van der Waals surface area contributed by atoms with Crippen LogP contribution in [-0.2, 0) is 14.8 Å². The molecular weight excluding hydrogens is 214 g/mol. The van der Waals surface area contributed by atoms with Gasteiger partial charge in [-0.2, -0.15) is 4.31 Å². The van der Waals surface area contributed by atoms with Crippen molar-refractivity contribution in [2.45, 2.75) is 13.0 Å². The Morgan fingerprint density at radius 1 is 1.62 bits per heavy atom. The van der Waals surface area contributed by atoms with Crippen LogP contribution < -0.4 is 0 Å². The highest BCUT2D eigenvalue weighted by atomic mass is 35.5.